The molecule has 0 spiro atoms. The molecular formula is C16H24N6O3. The maximum atomic E-state index is 11.8. The van der Waals surface area contributed by atoms with Crippen molar-refractivity contribution in [2.45, 2.75) is 53.1 Å². The molecule has 25 heavy (non-hydrogen) atoms. The van der Waals surface area contributed by atoms with Gasteiger partial charge in [-0.25, -0.2) is 0 Å². The Bertz CT molecular complexity index is 734. The van der Waals surface area contributed by atoms with E-state index in [0.29, 0.717) is 24.7 Å². The molecule has 0 aliphatic rings. The Labute approximate surface area is 146 Å². The molecule has 9 nitrogen and oxygen atoms in total. The van der Waals surface area contributed by atoms with Crippen molar-refractivity contribution in [1.82, 2.24) is 30.6 Å². The third kappa shape index (κ3) is 5.40. The molecule has 0 aliphatic heterocycles. The number of nitrogens with one attached hydrogen (secondary N) is 2. The molecule has 2 aromatic rings. The second-order valence-corrected chi connectivity index (χ2v) is 5.99. The van der Waals surface area contributed by atoms with Crippen molar-refractivity contribution in [3.05, 3.63) is 17.7 Å². The summed E-state index contributed by atoms with van der Waals surface area (Å²) in [7, 11) is 0. The van der Waals surface area contributed by atoms with Gasteiger partial charge in [0, 0.05) is 25.4 Å². The number of rotatable bonds is 8. The maximum absolute atomic E-state index is 11.8. The van der Waals surface area contributed by atoms with Gasteiger partial charge in [0.25, 0.3) is 5.89 Å². The molecule has 0 aromatic carbocycles. The van der Waals surface area contributed by atoms with E-state index in [4.69, 9.17) is 4.42 Å². The van der Waals surface area contributed by atoms with Gasteiger partial charge < -0.3 is 15.1 Å². The number of aromatic nitrogens is 4. The largest absolute Gasteiger partial charge is 0.419 e. The molecule has 0 unspecified atom stereocenters. The summed E-state index contributed by atoms with van der Waals surface area (Å²) < 4.78 is 7.40. The molecule has 136 valence electrons. The van der Waals surface area contributed by atoms with Crippen molar-refractivity contribution in [2.24, 2.45) is 0 Å². The van der Waals surface area contributed by atoms with Gasteiger partial charge in [0.05, 0.1) is 12.2 Å². The molecule has 2 N–H and O–H groups in total. The molecule has 0 atom stereocenters. The van der Waals surface area contributed by atoms with Crippen molar-refractivity contribution < 1.29 is 14.0 Å². The molecule has 0 bridgehead atoms. The molecule has 9 heteroatoms. The van der Waals surface area contributed by atoms with Crippen LogP contribution in [0.5, 0.6) is 0 Å². The predicted octanol–water partition coefficient (Wildman–Crippen LogP) is 0.835. The number of nitrogens with zero attached hydrogens (tertiary/aromatic N) is 4. The van der Waals surface area contributed by atoms with Gasteiger partial charge in [-0.3, -0.25) is 14.3 Å². The molecule has 2 amide bonds. The number of hydrogen-bond donors (Lipinski definition) is 2. The van der Waals surface area contributed by atoms with E-state index in [0.717, 1.165) is 11.4 Å². The molecule has 2 aromatic heterocycles. The average Bonchev–Trinajstić information content (AvgIpc) is 3.16. The van der Waals surface area contributed by atoms with Crippen LogP contribution in [-0.4, -0.2) is 44.4 Å². The Morgan fingerprint density at radius 3 is 2.72 bits per heavy atom. The van der Waals surface area contributed by atoms with E-state index in [1.807, 2.05) is 33.8 Å². The SMILES string of the molecule is CCn1nc(C)cc1-c1nnc(CCC(=O)NCC(=O)NC(C)C)o1. The van der Waals surface area contributed by atoms with Gasteiger partial charge in [-0.15, -0.1) is 10.2 Å². The van der Waals surface area contributed by atoms with E-state index in [1.54, 1.807) is 4.68 Å². The van der Waals surface area contributed by atoms with E-state index in [2.05, 4.69) is 25.9 Å². The van der Waals surface area contributed by atoms with Gasteiger partial charge in [0.1, 0.15) is 5.69 Å². The Morgan fingerprint density at radius 2 is 2.04 bits per heavy atom. The van der Waals surface area contributed by atoms with Crippen LogP contribution in [0.25, 0.3) is 11.6 Å². The molecule has 0 saturated heterocycles. The number of amides is 2. The first-order chi connectivity index (χ1) is 11.9. The first-order valence-corrected chi connectivity index (χ1v) is 8.32. The zero-order chi connectivity index (χ0) is 18.4. The quantitative estimate of drug-likeness (QED) is 0.730. The van der Waals surface area contributed by atoms with Crippen LogP contribution in [0.2, 0.25) is 0 Å². The lowest BCUT2D eigenvalue weighted by atomic mass is 10.3. The number of aryl methyl sites for hydroxylation is 3. The minimum Gasteiger partial charge on any atom is -0.419 e. The Morgan fingerprint density at radius 1 is 1.28 bits per heavy atom. The van der Waals surface area contributed by atoms with Crippen molar-refractivity contribution in [1.29, 1.82) is 0 Å². The molecule has 0 radical (unpaired) electrons. The smallest absolute Gasteiger partial charge is 0.265 e. The topological polar surface area (TPSA) is 115 Å². The number of carbonyl (C=O) groups excluding carboxylic acids is 2. The Hall–Kier alpha value is -2.71. The van der Waals surface area contributed by atoms with Gasteiger partial charge in [0.2, 0.25) is 17.7 Å². The summed E-state index contributed by atoms with van der Waals surface area (Å²) in [6.45, 7) is 8.25. The molecule has 0 aliphatic carbocycles. The fraction of sp³-hybridized carbons (Fsp3) is 0.562. The number of carbonyl (C=O) groups is 2. The third-order valence-corrected chi connectivity index (χ3v) is 3.35. The lowest BCUT2D eigenvalue weighted by Gasteiger charge is -2.08. The lowest BCUT2D eigenvalue weighted by Crippen LogP contribution is -2.39. The highest BCUT2D eigenvalue weighted by atomic mass is 16.4. The monoisotopic (exact) mass is 348 g/mol. The van der Waals surface area contributed by atoms with Gasteiger partial charge >= 0.3 is 0 Å². The summed E-state index contributed by atoms with van der Waals surface area (Å²) in [6, 6.07) is 1.92. The van der Waals surface area contributed by atoms with E-state index >= 15 is 0 Å². The Kier molecular flexibility index (Phi) is 6.26. The van der Waals surface area contributed by atoms with Gasteiger partial charge in [-0.1, -0.05) is 0 Å². The first kappa shape index (κ1) is 18.6. The lowest BCUT2D eigenvalue weighted by molar-refractivity contribution is -0.126. The van der Waals surface area contributed by atoms with E-state index in [1.165, 1.54) is 0 Å². The van der Waals surface area contributed by atoms with Gasteiger partial charge in [0.15, 0.2) is 0 Å². The van der Waals surface area contributed by atoms with E-state index in [-0.39, 0.29) is 30.8 Å². The summed E-state index contributed by atoms with van der Waals surface area (Å²) in [4.78, 5) is 23.3. The summed E-state index contributed by atoms with van der Waals surface area (Å²) >= 11 is 0. The second-order valence-electron chi connectivity index (χ2n) is 5.99. The van der Waals surface area contributed by atoms with Crippen LogP contribution in [0.1, 0.15) is 38.8 Å². The molecule has 2 rings (SSSR count). The maximum Gasteiger partial charge on any atom is 0.265 e. The van der Waals surface area contributed by atoms with Crippen molar-refractivity contribution in [3.63, 3.8) is 0 Å². The first-order valence-electron chi connectivity index (χ1n) is 8.32. The van der Waals surface area contributed by atoms with Crippen LogP contribution in [-0.2, 0) is 22.6 Å². The molecule has 0 fully saturated rings. The van der Waals surface area contributed by atoms with Crippen molar-refractivity contribution in [2.75, 3.05) is 6.54 Å². The molecule has 2 heterocycles. The highest BCUT2D eigenvalue weighted by molar-refractivity contribution is 5.84. The van der Waals surface area contributed by atoms with Gasteiger partial charge in [-0.2, -0.15) is 5.10 Å². The minimum absolute atomic E-state index is 0.0406. The Balaban J connectivity index is 1.85. The van der Waals surface area contributed by atoms with Crippen LogP contribution >= 0.6 is 0 Å². The zero-order valence-corrected chi connectivity index (χ0v) is 15.0. The average molecular weight is 348 g/mol. The summed E-state index contributed by atoms with van der Waals surface area (Å²) in [6.07, 6.45) is 0.479. The predicted molar refractivity (Wildman–Crippen MR) is 90.5 cm³/mol. The second kappa shape index (κ2) is 8.41. The minimum atomic E-state index is -0.242. The van der Waals surface area contributed by atoms with Crippen LogP contribution in [0.3, 0.4) is 0 Å². The van der Waals surface area contributed by atoms with Crippen LogP contribution in [0.4, 0.5) is 0 Å². The third-order valence-electron chi connectivity index (χ3n) is 3.35. The fourth-order valence-electron chi connectivity index (χ4n) is 2.28. The number of hydrogen-bond acceptors (Lipinski definition) is 6. The van der Waals surface area contributed by atoms with E-state index < -0.39 is 0 Å². The molecular weight excluding hydrogens is 324 g/mol. The summed E-state index contributed by atoms with van der Waals surface area (Å²) in [5, 5.41) is 17.6. The normalized spacial score (nSPS) is 10.9. The summed E-state index contributed by atoms with van der Waals surface area (Å²) in [5.74, 6) is 0.298. The zero-order valence-electron chi connectivity index (χ0n) is 15.0. The summed E-state index contributed by atoms with van der Waals surface area (Å²) in [5.41, 5.74) is 1.63. The van der Waals surface area contributed by atoms with Crippen molar-refractivity contribution >= 4 is 11.8 Å². The molecule has 0 saturated carbocycles. The van der Waals surface area contributed by atoms with E-state index in [9.17, 15) is 9.59 Å². The highest BCUT2D eigenvalue weighted by Crippen LogP contribution is 2.19. The van der Waals surface area contributed by atoms with Crippen molar-refractivity contribution in [3.8, 4) is 11.6 Å². The van der Waals surface area contributed by atoms with Crippen LogP contribution in [0.15, 0.2) is 10.5 Å². The van der Waals surface area contributed by atoms with Crippen LogP contribution in [0, 0.1) is 6.92 Å². The standard InChI is InChI=1S/C16H24N6O3/c1-5-22-12(8-11(4)21-22)16-20-19-15(25-16)7-6-13(23)17-9-14(24)18-10(2)3/h8,10H,5-7,9H2,1-4H3,(H,17,23)(H,18,24). The van der Waals surface area contributed by atoms with Crippen LogP contribution < -0.4 is 10.6 Å². The highest BCUT2D eigenvalue weighted by Gasteiger charge is 2.15. The van der Waals surface area contributed by atoms with Gasteiger partial charge in [-0.05, 0) is 33.8 Å². The fourth-order valence-corrected chi connectivity index (χ4v) is 2.28.